The van der Waals surface area contributed by atoms with Crippen LogP contribution in [0.15, 0.2) is 11.6 Å². The van der Waals surface area contributed by atoms with Crippen LogP contribution in [-0.4, -0.2) is 63.1 Å². The third-order valence-electron chi connectivity index (χ3n) is 7.16. The monoisotopic (exact) mass is 395 g/mol. The molecule has 0 aromatic heterocycles. The van der Waals surface area contributed by atoms with Crippen LogP contribution in [0, 0.1) is 11.8 Å². The first-order chi connectivity index (χ1) is 13.5. The largest absolute Gasteiger partial charge is 0.377 e. The minimum Gasteiger partial charge on any atom is -0.377 e. The minimum absolute atomic E-state index is 0.0453. The van der Waals surface area contributed by atoms with Crippen molar-refractivity contribution in [2.24, 2.45) is 11.8 Å². The van der Waals surface area contributed by atoms with Gasteiger partial charge >= 0.3 is 0 Å². The topological polar surface area (TPSA) is 69.4 Å². The molecule has 7 heteroatoms. The van der Waals surface area contributed by atoms with Crippen LogP contribution < -0.4 is 26.6 Å². The molecule has 0 amide bonds. The second kappa shape index (κ2) is 9.06. The third kappa shape index (κ3) is 4.45. The molecule has 0 spiro atoms. The molecule has 0 aromatic carbocycles. The highest BCUT2D eigenvalue weighted by molar-refractivity contribution is 5.18. The molecule has 28 heavy (non-hydrogen) atoms. The van der Waals surface area contributed by atoms with Gasteiger partial charge in [0, 0.05) is 37.2 Å². The molecule has 4 aliphatic rings. The van der Waals surface area contributed by atoms with Crippen molar-refractivity contribution in [3.05, 3.63) is 11.6 Å². The molecule has 0 bridgehead atoms. The molecule has 5 N–H and O–H groups in total. The van der Waals surface area contributed by atoms with E-state index in [2.05, 4.69) is 46.5 Å². The summed E-state index contributed by atoms with van der Waals surface area (Å²) in [6.45, 7) is 6.00. The van der Waals surface area contributed by atoms with E-state index in [9.17, 15) is 0 Å². The van der Waals surface area contributed by atoms with E-state index in [1.807, 2.05) is 7.05 Å². The summed E-state index contributed by atoms with van der Waals surface area (Å²) in [5, 5.41) is 17.4. The highest BCUT2D eigenvalue weighted by Gasteiger charge is 2.49. The lowest BCUT2D eigenvalue weighted by atomic mass is 9.70. The second-order valence-electron chi connectivity index (χ2n) is 9.23. The maximum atomic E-state index is 15.9. The van der Waals surface area contributed by atoms with Crippen molar-refractivity contribution < 1.29 is 9.13 Å². The van der Waals surface area contributed by atoms with Gasteiger partial charge in [0.1, 0.15) is 12.5 Å². The summed E-state index contributed by atoms with van der Waals surface area (Å²) in [6, 6.07) is 0.712. The predicted molar refractivity (Wildman–Crippen MR) is 110 cm³/mol. The van der Waals surface area contributed by atoms with Crippen LogP contribution in [0.3, 0.4) is 0 Å². The van der Waals surface area contributed by atoms with Crippen LogP contribution in [0.4, 0.5) is 4.39 Å². The first-order valence-corrected chi connectivity index (χ1v) is 11.2. The Kier molecular flexibility index (Phi) is 6.70. The number of ether oxygens (including phenoxy) is 1. The first-order valence-electron chi connectivity index (χ1n) is 11.2. The van der Waals surface area contributed by atoms with E-state index >= 15 is 4.39 Å². The summed E-state index contributed by atoms with van der Waals surface area (Å²) in [4.78, 5) is 0. The number of hydrogen-bond acceptors (Lipinski definition) is 6. The Morgan fingerprint density at radius 2 is 2.00 bits per heavy atom. The van der Waals surface area contributed by atoms with Crippen LogP contribution in [-0.2, 0) is 4.74 Å². The summed E-state index contributed by atoms with van der Waals surface area (Å²) >= 11 is 0. The quantitative estimate of drug-likeness (QED) is 0.461. The molecule has 9 atom stereocenters. The van der Waals surface area contributed by atoms with Crippen LogP contribution in [0.25, 0.3) is 0 Å². The van der Waals surface area contributed by atoms with Crippen LogP contribution in [0.5, 0.6) is 0 Å². The van der Waals surface area contributed by atoms with Crippen LogP contribution >= 0.6 is 0 Å². The Labute approximate surface area is 168 Å². The maximum absolute atomic E-state index is 15.9. The molecule has 1 saturated carbocycles. The third-order valence-corrected chi connectivity index (χ3v) is 7.16. The standard InChI is InChI=1S/C21H38FN5O/c1-12-4-5-14(6-8-24-12)18-19(22)16(11-15-7-9-28-20(15)18)26-21-25-13(2)10-17(23-3)27-21/h6,12-13,15-21,23-27H,4-5,7-11H2,1-3H3/t12-,13?,15?,16?,17?,18?,19?,20?,21?/m1/s1. The highest BCUT2D eigenvalue weighted by Crippen LogP contribution is 2.44. The molecule has 0 radical (unpaired) electrons. The van der Waals surface area contributed by atoms with Gasteiger partial charge in [0.15, 0.2) is 0 Å². The van der Waals surface area contributed by atoms with Gasteiger partial charge in [-0.2, -0.15) is 0 Å². The SMILES string of the molecule is CNC1CC(C)NC(NC2CC3CCOC3C(C3=CCN[C@H](C)CC3)C2F)N1. The van der Waals surface area contributed by atoms with E-state index in [4.69, 9.17) is 4.74 Å². The van der Waals surface area contributed by atoms with E-state index in [-0.39, 0.29) is 30.5 Å². The van der Waals surface area contributed by atoms with E-state index in [0.29, 0.717) is 18.0 Å². The zero-order chi connectivity index (χ0) is 19.7. The summed E-state index contributed by atoms with van der Waals surface area (Å²) in [6.07, 6.45) is 6.47. The van der Waals surface area contributed by atoms with Gasteiger partial charge in [-0.1, -0.05) is 11.6 Å². The fraction of sp³-hybridized carbons (Fsp3) is 0.905. The number of rotatable bonds is 4. The van der Waals surface area contributed by atoms with Crippen molar-refractivity contribution in [3.8, 4) is 0 Å². The number of nitrogens with one attached hydrogen (secondary N) is 5. The average Bonchev–Trinajstić information content (AvgIpc) is 3.02. The Balaban J connectivity index is 1.48. The van der Waals surface area contributed by atoms with Crippen LogP contribution in [0.1, 0.15) is 46.0 Å². The lowest BCUT2D eigenvalue weighted by Gasteiger charge is -2.45. The number of fused-ring (bicyclic) bond motifs is 1. The molecule has 4 rings (SSSR count). The summed E-state index contributed by atoms with van der Waals surface area (Å²) < 4.78 is 22.0. The Morgan fingerprint density at radius 1 is 1.14 bits per heavy atom. The van der Waals surface area contributed by atoms with E-state index in [1.165, 1.54) is 5.57 Å². The zero-order valence-electron chi connectivity index (χ0n) is 17.5. The molecule has 0 aromatic rings. The molecule has 3 heterocycles. The zero-order valence-corrected chi connectivity index (χ0v) is 17.5. The summed E-state index contributed by atoms with van der Waals surface area (Å²) in [7, 11) is 1.97. The van der Waals surface area contributed by atoms with Gasteiger partial charge in [0.25, 0.3) is 0 Å². The molecule has 1 aliphatic carbocycles. The molecule has 8 unspecified atom stereocenters. The van der Waals surface area contributed by atoms with Crippen molar-refractivity contribution in [2.45, 2.75) is 88.8 Å². The van der Waals surface area contributed by atoms with Gasteiger partial charge in [0.2, 0.25) is 0 Å². The lowest BCUT2D eigenvalue weighted by molar-refractivity contribution is -0.0262. The van der Waals surface area contributed by atoms with Crippen molar-refractivity contribution in [3.63, 3.8) is 0 Å². The number of alkyl halides is 1. The number of halogens is 1. The summed E-state index contributed by atoms with van der Waals surface area (Å²) in [5.74, 6) is 0.331. The van der Waals surface area contributed by atoms with Gasteiger partial charge in [-0.15, -0.1) is 0 Å². The smallest absolute Gasteiger partial charge is 0.124 e. The normalized spacial score (nSPS) is 47.3. The van der Waals surface area contributed by atoms with Crippen molar-refractivity contribution in [2.75, 3.05) is 20.2 Å². The maximum Gasteiger partial charge on any atom is 0.124 e. The predicted octanol–water partition coefficient (Wildman–Crippen LogP) is 1.21. The van der Waals surface area contributed by atoms with Crippen molar-refractivity contribution in [1.29, 1.82) is 0 Å². The van der Waals surface area contributed by atoms with Gasteiger partial charge in [0.05, 0.1) is 12.3 Å². The first kappa shape index (κ1) is 20.7. The highest BCUT2D eigenvalue weighted by atomic mass is 19.1. The molecular weight excluding hydrogens is 357 g/mol. The Morgan fingerprint density at radius 3 is 2.82 bits per heavy atom. The van der Waals surface area contributed by atoms with Crippen molar-refractivity contribution >= 4 is 0 Å². The fourth-order valence-corrected chi connectivity index (χ4v) is 5.58. The molecule has 160 valence electrons. The van der Waals surface area contributed by atoms with Crippen LogP contribution in [0.2, 0.25) is 0 Å². The molecule has 6 nitrogen and oxygen atoms in total. The van der Waals surface area contributed by atoms with E-state index < -0.39 is 6.17 Å². The second-order valence-corrected chi connectivity index (χ2v) is 9.23. The van der Waals surface area contributed by atoms with Gasteiger partial charge in [-0.05, 0) is 58.9 Å². The minimum atomic E-state index is -0.923. The molecule has 2 saturated heterocycles. The average molecular weight is 396 g/mol. The fourth-order valence-electron chi connectivity index (χ4n) is 5.58. The molecule has 3 aliphatic heterocycles. The Hall–Kier alpha value is -0.570. The number of hydrogen-bond donors (Lipinski definition) is 5. The molecule has 3 fully saturated rings. The van der Waals surface area contributed by atoms with E-state index in [1.54, 1.807) is 0 Å². The molecular formula is C21H38FN5O. The van der Waals surface area contributed by atoms with Crippen molar-refractivity contribution in [1.82, 2.24) is 26.6 Å². The van der Waals surface area contributed by atoms with Gasteiger partial charge in [-0.25, -0.2) is 4.39 Å². The lowest BCUT2D eigenvalue weighted by Crippen LogP contribution is -2.69. The van der Waals surface area contributed by atoms with Gasteiger partial charge in [-0.3, -0.25) is 16.0 Å². The van der Waals surface area contributed by atoms with E-state index in [0.717, 1.165) is 45.3 Å². The Bertz CT molecular complexity index is 561. The summed E-state index contributed by atoms with van der Waals surface area (Å²) in [5.41, 5.74) is 1.26. The van der Waals surface area contributed by atoms with Gasteiger partial charge < -0.3 is 15.4 Å².